The number of rotatable bonds is 11. The SMILES string of the molecule is O=C(CCCOc1ccc(Cl)cc1Cl)Nc1ccc(OCCOc2ccccc2)cc1. The molecule has 7 heteroatoms. The van der Waals surface area contributed by atoms with E-state index in [1.807, 2.05) is 42.5 Å². The molecule has 3 aromatic carbocycles. The van der Waals surface area contributed by atoms with Gasteiger partial charge in [0.05, 0.1) is 11.6 Å². The molecule has 0 aliphatic rings. The Morgan fingerprint density at radius 2 is 1.45 bits per heavy atom. The normalized spacial score (nSPS) is 10.4. The third-order valence-electron chi connectivity index (χ3n) is 4.20. The van der Waals surface area contributed by atoms with Crippen LogP contribution in [0, 0.1) is 0 Å². The summed E-state index contributed by atoms with van der Waals surface area (Å²) in [6, 6.07) is 21.8. The smallest absolute Gasteiger partial charge is 0.224 e. The minimum absolute atomic E-state index is 0.0873. The highest BCUT2D eigenvalue weighted by atomic mass is 35.5. The van der Waals surface area contributed by atoms with E-state index < -0.39 is 0 Å². The van der Waals surface area contributed by atoms with Crippen LogP contribution in [0.1, 0.15) is 12.8 Å². The van der Waals surface area contributed by atoms with Crippen molar-refractivity contribution in [1.29, 1.82) is 0 Å². The molecule has 1 N–H and O–H groups in total. The quantitative estimate of drug-likeness (QED) is 0.344. The maximum Gasteiger partial charge on any atom is 0.224 e. The fraction of sp³-hybridized carbons (Fsp3) is 0.208. The second-order valence-corrected chi connectivity index (χ2v) is 7.45. The molecule has 0 spiro atoms. The molecule has 0 fully saturated rings. The van der Waals surface area contributed by atoms with E-state index in [0.717, 1.165) is 5.75 Å². The minimum atomic E-state index is -0.0873. The topological polar surface area (TPSA) is 56.8 Å². The molecule has 3 rings (SSSR count). The Balaban J connectivity index is 1.32. The Hall–Kier alpha value is -2.89. The molecule has 0 radical (unpaired) electrons. The Morgan fingerprint density at radius 1 is 0.774 bits per heavy atom. The molecule has 1 amide bonds. The molecule has 31 heavy (non-hydrogen) atoms. The Bertz CT molecular complexity index is 965. The molecule has 0 bridgehead atoms. The summed E-state index contributed by atoms with van der Waals surface area (Å²) in [5.74, 6) is 1.99. The Kier molecular flexibility index (Phi) is 8.88. The van der Waals surface area contributed by atoms with E-state index in [1.165, 1.54) is 0 Å². The number of anilines is 1. The number of carbonyl (C=O) groups is 1. The third kappa shape index (κ3) is 8.04. The van der Waals surface area contributed by atoms with Gasteiger partial charge in [0.25, 0.3) is 0 Å². The molecule has 0 aromatic heterocycles. The van der Waals surface area contributed by atoms with Gasteiger partial charge in [-0.3, -0.25) is 4.79 Å². The number of amides is 1. The van der Waals surface area contributed by atoms with Crippen LogP contribution in [0.4, 0.5) is 5.69 Å². The second kappa shape index (κ2) is 12.1. The first-order valence-corrected chi connectivity index (χ1v) is 10.6. The van der Waals surface area contributed by atoms with E-state index in [4.69, 9.17) is 37.4 Å². The van der Waals surface area contributed by atoms with Crippen molar-refractivity contribution >= 4 is 34.8 Å². The average Bonchev–Trinajstić information content (AvgIpc) is 2.77. The van der Waals surface area contributed by atoms with E-state index >= 15 is 0 Å². The van der Waals surface area contributed by atoms with Crippen LogP contribution in [-0.4, -0.2) is 25.7 Å². The lowest BCUT2D eigenvalue weighted by molar-refractivity contribution is -0.116. The van der Waals surface area contributed by atoms with E-state index in [0.29, 0.717) is 59.9 Å². The van der Waals surface area contributed by atoms with Crippen LogP contribution in [0.3, 0.4) is 0 Å². The van der Waals surface area contributed by atoms with Crippen LogP contribution in [0.25, 0.3) is 0 Å². The molecule has 5 nitrogen and oxygen atoms in total. The maximum absolute atomic E-state index is 12.1. The predicted molar refractivity (Wildman–Crippen MR) is 124 cm³/mol. The second-order valence-electron chi connectivity index (χ2n) is 6.61. The molecule has 0 saturated carbocycles. The van der Waals surface area contributed by atoms with Gasteiger partial charge in [-0.25, -0.2) is 0 Å². The number of ether oxygens (including phenoxy) is 3. The van der Waals surface area contributed by atoms with Gasteiger partial charge in [0.15, 0.2) is 0 Å². The van der Waals surface area contributed by atoms with E-state index in [1.54, 1.807) is 30.3 Å². The number of halogens is 2. The van der Waals surface area contributed by atoms with Crippen molar-refractivity contribution < 1.29 is 19.0 Å². The zero-order valence-electron chi connectivity index (χ0n) is 16.9. The van der Waals surface area contributed by atoms with Gasteiger partial charge in [0.2, 0.25) is 5.91 Å². The maximum atomic E-state index is 12.1. The molecular weight excluding hydrogens is 437 g/mol. The fourth-order valence-corrected chi connectivity index (χ4v) is 3.16. The number of hydrogen-bond donors (Lipinski definition) is 1. The first kappa shape index (κ1) is 22.8. The van der Waals surface area contributed by atoms with Crippen molar-refractivity contribution in [2.75, 3.05) is 25.1 Å². The molecular formula is C24H23Cl2NO4. The number of benzene rings is 3. The number of carbonyl (C=O) groups excluding carboxylic acids is 1. The van der Waals surface area contributed by atoms with Gasteiger partial charge in [-0.2, -0.15) is 0 Å². The van der Waals surface area contributed by atoms with Gasteiger partial charge in [-0.05, 0) is 61.0 Å². The van der Waals surface area contributed by atoms with Crippen molar-refractivity contribution in [1.82, 2.24) is 0 Å². The van der Waals surface area contributed by atoms with Gasteiger partial charge in [-0.1, -0.05) is 41.4 Å². The zero-order valence-corrected chi connectivity index (χ0v) is 18.4. The molecule has 0 saturated heterocycles. The summed E-state index contributed by atoms with van der Waals surface area (Å²) in [5.41, 5.74) is 0.708. The summed E-state index contributed by atoms with van der Waals surface area (Å²) < 4.78 is 16.8. The van der Waals surface area contributed by atoms with Crippen molar-refractivity contribution in [3.8, 4) is 17.2 Å². The van der Waals surface area contributed by atoms with E-state index in [2.05, 4.69) is 5.32 Å². The van der Waals surface area contributed by atoms with Crippen LogP contribution in [-0.2, 0) is 4.79 Å². The summed E-state index contributed by atoms with van der Waals surface area (Å²) in [6.45, 7) is 1.26. The summed E-state index contributed by atoms with van der Waals surface area (Å²) >= 11 is 11.9. The van der Waals surface area contributed by atoms with E-state index in [-0.39, 0.29) is 5.91 Å². The number of para-hydroxylation sites is 1. The largest absolute Gasteiger partial charge is 0.492 e. The third-order valence-corrected chi connectivity index (χ3v) is 4.73. The van der Waals surface area contributed by atoms with E-state index in [9.17, 15) is 4.79 Å². The molecule has 0 heterocycles. The highest BCUT2D eigenvalue weighted by molar-refractivity contribution is 6.35. The predicted octanol–water partition coefficient (Wildman–Crippen LogP) is 6.25. The van der Waals surface area contributed by atoms with Gasteiger partial charge in [0.1, 0.15) is 30.5 Å². The molecule has 162 valence electrons. The van der Waals surface area contributed by atoms with Crippen LogP contribution in [0.5, 0.6) is 17.2 Å². The van der Waals surface area contributed by atoms with Crippen LogP contribution in [0.2, 0.25) is 10.0 Å². The monoisotopic (exact) mass is 459 g/mol. The van der Waals surface area contributed by atoms with Gasteiger partial charge >= 0.3 is 0 Å². The highest BCUT2D eigenvalue weighted by Gasteiger charge is 2.05. The standard InChI is InChI=1S/C24H23Cl2NO4/c25-18-8-13-23(22(26)17-18)31-14-4-7-24(28)27-19-9-11-21(12-10-19)30-16-15-29-20-5-2-1-3-6-20/h1-3,5-6,8-13,17H,4,7,14-16H2,(H,27,28). The molecule has 0 aliphatic carbocycles. The molecule has 3 aromatic rings. The first-order valence-electron chi connectivity index (χ1n) is 9.88. The molecule has 0 aliphatic heterocycles. The Labute approximate surface area is 191 Å². The van der Waals surface area contributed by atoms with Crippen LogP contribution in [0.15, 0.2) is 72.8 Å². The van der Waals surface area contributed by atoms with Crippen LogP contribution >= 0.6 is 23.2 Å². The minimum Gasteiger partial charge on any atom is -0.492 e. The first-order chi connectivity index (χ1) is 15.1. The fourth-order valence-electron chi connectivity index (χ4n) is 2.70. The number of nitrogens with one attached hydrogen (secondary N) is 1. The lowest BCUT2D eigenvalue weighted by Crippen LogP contribution is -2.13. The summed E-state index contributed by atoms with van der Waals surface area (Å²) in [4.78, 5) is 12.1. The van der Waals surface area contributed by atoms with Crippen LogP contribution < -0.4 is 19.5 Å². The van der Waals surface area contributed by atoms with Crippen molar-refractivity contribution in [2.24, 2.45) is 0 Å². The lowest BCUT2D eigenvalue weighted by atomic mass is 10.2. The molecule has 0 atom stereocenters. The van der Waals surface area contributed by atoms with Gasteiger partial charge < -0.3 is 19.5 Å². The van der Waals surface area contributed by atoms with Crippen molar-refractivity contribution in [3.63, 3.8) is 0 Å². The zero-order chi connectivity index (χ0) is 21.9. The average molecular weight is 460 g/mol. The summed E-state index contributed by atoms with van der Waals surface area (Å²) in [7, 11) is 0. The Morgan fingerprint density at radius 3 is 2.13 bits per heavy atom. The summed E-state index contributed by atoms with van der Waals surface area (Å²) in [6.07, 6.45) is 0.897. The van der Waals surface area contributed by atoms with Crippen molar-refractivity contribution in [2.45, 2.75) is 12.8 Å². The van der Waals surface area contributed by atoms with Crippen molar-refractivity contribution in [3.05, 3.63) is 82.8 Å². The van der Waals surface area contributed by atoms with Gasteiger partial charge in [-0.15, -0.1) is 0 Å². The lowest BCUT2D eigenvalue weighted by Gasteiger charge is -2.10. The molecule has 0 unspecified atom stereocenters. The number of hydrogen-bond acceptors (Lipinski definition) is 4. The highest BCUT2D eigenvalue weighted by Crippen LogP contribution is 2.27. The van der Waals surface area contributed by atoms with Gasteiger partial charge in [0, 0.05) is 17.1 Å². The summed E-state index contributed by atoms with van der Waals surface area (Å²) in [5, 5.41) is 3.86.